The number of hydrogen-bond acceptors (Lipinski definition) is 3. The van der Waals surface area contributed by atoms with Gasteiger partial charge in [-0.3, -0.25) is 9.55 Å². The van der Waals surface area contributed by atoms with Crippen LogP contribution in [0.5, 0.6) is 5.75 Å². The summed E-state index contributed by atoms with van der Waals surface area (Å²) in [5, 5.41) is 12.5. The molecular weight excluding hydrogens is 779 g/mol. The minimum atomic E-state index is -0.896. The van der Waals surface area contributed by atoms with Crippen molar-refractivity contribution in [2.45, 2.75) is 118 Å². The number of nitrogens with zero attached hydrogens (tertiary/aromatic N) is 3. The minimum absolute atomic E-state index is 0.181. The molecule has 0 unspecified atom stereocenters. The largest absolute Gasteiger partial charge is 0.507 e. The van der Waals surface area contributed by atoms with E-state index in [0.717, 1.165) is 83.6 Å². The number of benzene rings is 6. The lowest BCUT2D eigenvalue weighted by Crippen LogP contribution is -2.17. The van der Waals surface area contributed by atoms with E-state index < -0.39 is 11.8 Å². The lowest BCUT2D eigenvalue weighted by atomic mass is 9.79. The van der Waals surface area contributed by atoms with Gasteiger partial charge in [-0.2, -0.15) is 0 Å². The molecule has 4 nitrogen and oxygen atoms in total. The van der Waals surface area contributed by atoms with Gasteiger partial charge in [0, 0.05) is 31.3 Å². The number of pyridine rings is 1. The van der Waals surface area contributed by atoms with Crippen LogP contribution < -0.4 is 0 Å². The molecule has 1 N–H and O–H groups in total. The molecule has 0 aliphatic rings. The molecule has 0 bridgehead atoms. The van der Waals surface area contributed by atoms with Gasteiger partial charge in [-0.1, -0.05) is 175 Å². The van der Waals surface area contributed by atoms with Crippen molar-refractivity contribution < 1.29 is 7.85 Å². The van der Waals surface area contributed by atoms with Gasteiger partial charge in [-0.15, -0.1) is 0 Å². The Morgan fingerprint density at radius 1 is 0.516 bits per heavy atom. The van der Waals surface area contributed by atoms with Crippen molar-refractivity contribution in [2.75, 3.05) is 0 Å². The molecule has 64 heavy (non-hydrogen) atoms. The summed E-state index contributed by atoms with van der Waals surface area (Å²) >= 11 is 0. The van der Waals surface area contributed by atoms with E-state index in [1.54, 1.807) is 0 Å². The minimum Gasteiger partial charge on any atom is -0.507 e. The van der Waals surface area contributed by atoms with Gasteiger partial charge >= 0.3 is 0 Å². The van der Waals surface area contributed by atoms with E-state index in [1.807, 2.05) is 70.3 Å². The molecule has 8 aromatic rings. The first-order valence-corrected chi connectivity index (χ1v) is 22.6. The van der Waals surface area contributed by atoms with E-state index >= 15 is 0 Å². The molecule has 2 heterocycles. The average Bonchev–Trinajstić information content (AvgIpc) is 3.64. The van der Waals surface area contributed by atoms with Crippen molar-refractivity contribution in [2.24, 2.45) is 0 Å². The maximum atomic E-state index is 12.5. The highest BCUT2D eigenvalue weighted by molar-refractivity contribution is 5.97. The number of hydrogen-bond donors (Lipinski definition) is 1. The highest BCUT2D eigenvalue weighted by Crippen LogP contribution is 2.45. The van der Waals surface area contributed by atoms with Crippen molar-refractivity contribution in [3.63, 3.8) is 0 Å². The van der Waals surface area contributed by atoms with E-state index in [2.05, 4.69) is 164 Å². The molecule has 8 rings (SSSR count). The van der Waals surface area contributed by atoms with E-state index in [1.165, 1.54) is 5.56 Å². The third-order valence-electron chi connectivity index (χ3n) is 12.5. The zero-order valence-electron chi connectivity index (χ0n) is 42.1. The number of imidazole rings is 1. The highest BCUT2D eigenvalue weighted by atomic mass is 16.3. The molecule has 0 aliphatic carbocycles. The Bertz CT molecular complexity index is 3090. The SMILES string of the molecule is [2H]C(C)(C)c1ccc(-c2ccnc(-c3cc(-c4cccc5c4nc(-c4cc(C(C)(C)C)cc(C(C)(C)C)c4O)n5-c4cc(-c5ccccc5)cc(C([2H])(C)C)c4)cc(C(C)(C)C)c3)c2)cc1. The summed E-state index contributed by atoms with van der Waals surface area (Å²) in [4.78, 5) is 10.6. The van der Waals surface area contributed by atoms with Crippen LogP contribution in [0.4, 0.5) is 0 Å². The van der Waals surface area contributed by atoms with Crippen LogP contribution in [0.1, 0.15) is 132 Å². The summed E-state index contributed by atoms with van der Waals surface area (Å²) < 4.78 is 20.0. The second kappa shape index (κ2) is 16.7. The lowest BCUT2D eigenvalue weighted by molar-refractivity contribution is 0.446. The van der Waals surface area contributed by atoms with Crippen LogP contribution in [0.2, 0.25) is 0 Å². The third-order valence-corrected chi connectivity index (χ3v) is 12.5. The summed E-state index contributed by atoms with van der Waals surface area (Å²) in [5.74, 6) is -0.723. The predicted octanol–water partition coefficient (Wildman–Crippen LogP) is 16.6. The van der Waals surface area contributed by atoms with Crippen LogP contribution in [-0.4, -0.2) is 19.6 Å². The van der Waals surface area contributed by atoms with Crippen LogP contribution in [-0.2, 0) is 16.2 Å². The first-order valence-electron chi connectivity index (χ1n) is 23.6. The van der Waals surface area contributed by atoms with Crippen molar-refractivity contribution >= 4 is 11.0 Å². The van der Waals surface area contributed by atoms with E-state index in [-0.39, 0.29) is 22.0 Å². The molecule has 0 fully saturated rings. The molecule has 0 aliphatic heterocycles. The zero-order chi connectivity index (χ0) is 47.7. The van der Waals surface area contributed by atoms with Crippen molar-refractivity contribution in [1.82, 2.24) is 14.5 Å². The summed E-state index contributed by atoms with van der Waals surface area (Å²) in [7, 11) is 0. The van der Waals surface area contributed by atoms with E-state index in [9.17, 15) is 6.48 Å². The molecule has 2 aromatic heterocycles. The highest BCUT2D eigenvalue weighted by Gasteiger charge is 2.29. The molecule has 4 heteroatoms. The van der Waals surface area contributed by atoms with Gasteiger partial charge in [0.25, 0.3) is 0 Å². The molecule has 0 atom stereocenters. The number of rotatable bonds is 8. The fourth-order valence-electron chi connectivity index (χ4n) is 8.54. The third kappa shape index (κ3) is 8.80. The first kappa shape index (κ1) is 41.7. The first-order chi connectivity index (χ1) is 30.8. The summed E-state index contributed by atoms with van der Waals surface area (Å²) in [5.41, 5.74) is 15.5. The number of phenols is 1. The van der Waals surface area contributed by atoms with Crippen molar-refractivity contribution in [3.8, 4) is 67.5 Å². The Morgan fingerprint density at radius 2 is 1.16 bits per heavy atom. The summed E-state index contributed by atoms with van der Waals surface area (Å²) in [6, 6.07) is 46.7. The van der Waals surface area contributed by atoms with Crippen LogP contribution in [0.3, 0.4) is 0 Å². The Balaban J connectivity index is 1.42. The topological polar surface area (TPSA) is 50.9 Å². The Kier molecular flexibility index (Phi) is 10.9. The van der Waals surface area contributed by atoms with Crippen LogP contribution in [0, 0.1) is 0 Å². The van der Waals surface area contributed by atoms with E-state index in [4.69, 9.17) is 11.3 Å². The van der Waals surface area contributed by atoms with Crippen molar-refractivity contribution in [3.05, 3.63) is 167 Å². The Morgan fingerprint density at radius 3 is 1.80 bits per heavy atom. The van der Waals surface area contributed by atoms with Gasteiger partial charge < -0.3 is 5.11 Å². The monoisotopic (exact) mass is 846 g/mol. The van der Waals surface area contributed by atoms with Crippen LogP contribution in [0.25, 0.3) is 72.7 Å². The van der Waals surface area contributed by atoms with Gasteiger partial charge in [-0.05, 0) is 127 Å². The normalized spacial score (nSPS) is 13.3. The van der Waals surface area contributed by atoms with Gasteiger partial charge in [0.1, 0.15) is 11.6 Å². The standard InChI is InChI=1S/C60H65N3O/c1-37(2)39-22-24-41(25-23-39)42-26-27-61-53(34-42)46-29-45(30-47(31-46)58(5,6)7)50-20-17-21-54-55(50)62-57(51-35-48(59(8,9)10)36-52(56(51)64)60(11,12)13)63(54)49-32-43(38(3)4)28-44(33-49)40-18-15-14-16-19-40/h14-38,64H,1-13H3/i37D,38D. The maximum absolute atomic E-state index is 12.5. The van der Waals surface area contributed by atoms with Gasteiger partial charge in [-0.25, -0.2) is 4.98 Å². The molecule has 0 spiro atoms. The summed E-state index contributed by atoms with van der Waals surface area (Å²) in [6.07, 6.45) is 1.88. The number of phenolic OH excluding ortho intramolecular Hbond substituents is 1. The molecule has 0 amide bonds. The molecular formula is C60H65N3O. The molecule has 0 saturated carbocycles. The lowest BCUT2D eigenvalue weighted by Gasteiger charge is -2.27. The molecule has 326 valence electrons. The summed E-state index contributed by atoms with van der Waals surface area (Å²) in [6.45, 7) is 27.5. The zero-order valence-corrected chi connectivity index (χ0v) is 40.1. The quantitative estimate of drug-likeness (QED) is 0.166. The Hall–Kier alpha value is -6.26. The van der Waals surface area contributed by atoms with Crippen LogP contribution in [0.15, 0.2) is 140 Å². The fraction of sp³-hybridized carbons (Fsp3) is 0.300. The second-order valence-electron chi connectivity index (χ2n) is 21.1. The number of fused-ring (bicyclic) bond motifs is 1. The fourth-order valence-corrected chi connectivity index (χ4v) is 8.54. The number of aromatic nitrogens is 3. The van der Waals surface area contributed by atoms with Gasteiger partial charge in [0.05, 0.1) is 22.3 Å². The predicted molar refractivity (Wildman–Crippen MR) is 272 cm³/mol. The maximum Gasteiger partial charge on any atom is 0.149 e. The number of para-hydroxylation sites is 1. The van der Waals surface area contributed by atoms with Crippen LogP contribution >= 0.6 is 0 Å². The average molecular weight is 846 g/mol. The van der Waals surface area contributed by atoms with Gasteiger partial charge in [0.2, 0.25) is 0 Å². The van der Waals surface area contributed by atoms with Crippen molar-refractivity contribution in [1.29, 1.82) is 0 Å². The van der Waals surface area contributed by atoms with E-state index in [0.29, 0.717) is 11.4 Å². The smallest absolute Gasteiger partial charge is 0.149 e. The molecule has 0 radical (unpaired) electrons. The van der Waals surface area contributed by atoms with Gasteiger partial charge in [0.15, 0.2) is 0 Å². The Labute approximate surface area is 384 Å². The second-order valence-corrected chi connectivity index (χ2v) is 21.1. The number of aromatic hydroxyl groups is 1. The molecule has 0 saturated heterocycles. The molecule has 6 aromatic carbocycles.